The zero-order valence-electron chi connectivity index (χ0n) is 16.2. The number of esters is 2. The summed E-state index contributed by atoms with van der Waals surface area (Å²) in [4.78, 5) is 30.4. The molecule has 2 rings (SSSR count). The van der Waals surface area contributed by atoms with E-state index in [0.29, 0.717) is 22.0 Å². The Morgan fingerprint density at radius 3 is 2.32 bits per heavy atom. The minimum atomic E-state index is -0.786. The normalized spacial score (nSPS) is 16.8. The Hall–Kier alpha value is -2.80. The molecule has 28 heavy (non-hydrogen) atoms. The largest absolute Gasteiger partial charge is 0.463 e. The van der Waals surface area contributed by atoms with Crippen LogP contribution in [0.5, 0.6) is 0 Å². The smallest absolute Gasteiger partial charge is 0.337 e. The molecule has 0 amide bonds. The van der Waals surface area contributed by atoms with Gasteiger partial charge in [0.05, 0.1) is 42.2 Å². The first-order valence-corrected chi connectivity index (χ1v) is 9.21. The summed E-state index contributed by atoms with van der Waals surface area (Å²) < 4.78 is 10.5. The van der Waals surface area contributed by atoms with Gasteiger partial charge in [0.1, 0.15) is 7.11 Å². The molecule has 0 aliphatic carbocycles. The highest BCUT2D eigenvalue weighted by atomic mass is 35.5. The van der Waals surface area contributed by atoms with E-state index in [0.717, 1.165) is 0 Å². The molecule has 150 valence electrons. The lowest BCUT2D eigenvalue weighted by Crippen LogP contribution is -2.34. The summed E-state index contributed by atoms with van der Waals surface area (Å²) in [5.41, 5.74) is 1.95. The number of dihydropyridines is 1. The number of ether oxygens (including phenoxy) is 2. The van der Waals surface area contributed by atoms with Gasteiger partial charge < -0.3 is 19.6 Å². The Bertz CT molecular complexity index is 845. The highest BCUT2D eigenvalue weighted by Gasteiger charge is 2.39. The van der Waals surface area contributed by atoms with E-state index in [2.05, 4.69) is 10.5 Å². The molecule has 1 aromatic rings. The SMILES string of the molecule is CCOC(=O)C1=C(C)NC(/C=N/OC)=C(C(=O)OCC)C1c1ccccc1Cl. The van der Waals surface area contributed by atoms with E-state index in [-0.39, 0.29) is 24.4 Å². The third-order valence-corrected chi connectivity index (χ3v) is 4.43. The van der Waals surface area contributed by atoms with Crippen LogP contribution >= 0.6 is 11.6 Å². The van der Waals surface area contributed by atoms with Crippen molar-refractivity contribution in [2.24, 2.45) is 5.16 Å². The number of benzene rings is 1. The second-order valence-electron chi connectivity index (χ2n) is 5.80. The molecule has 7 nitrogen and oxygen atoms in total. The van der Waals surface area contributed by atoms with Crippen LogP contribution in [0.15, 0.2) is 52.0 Å². The number of nitrogens with zero attached hydrogens (tertiary/aromatic N) is 1. The Balaban J connectivity index is 2.76. The predicted molar refractivity (Wildman–Crippen MR) is 106 cm³/mol. The standard InChI is InChI=1S/C20H23ClN2O5/c1-5-27-19(24)16-12(3)23-15(11-22-26-4)18(20(25)28-6-2)17(16)13-9-7-8-10-14(13)21/h7-11,17,23H,5-6H2,1-4H3/b22-11+. The molecule has 1 N–H and O–H groups in total. The zero-order valence-corrected chi connectivity index (χ0v) is 17.0. The first-order chi connectivity index (χ1) is 13.5. The van der Waals surface area contributed by atoms with Gasteiger partial charge in [-0.2, -0.15) is 0 Å². The predicted octanol–water partition coefficient (Wildman–Crippen LogP) is 3.31. The number of carbonyl (C=O) groups is 2. The molecular formula is C20H23ClN2O5. The summed E-state index contributed by atoms with van der Waals surface area (Å²) in [5.74, 6) is -1.92. The van der Waals surface area contributed by atoms with Crippen LogP contribution in [0.4, 0.5) is 0 Å². The van der Waals surface area contributed by atoms with Gasteiger partial charge in [-0.15, -0.1) is 0 Å². The number of allylic oxidation sites excluding steroid dienone is 2. The minimum absolute atomic E-state index is 0.170. The van der Waals surface area contributed by atoms with Crippen molar-refractivity contribution in [3.63, 3.8) is 0 Å². The molecule has 0 radical (unpaired) electrons. The first kappa shape index (κ1) is 21.5. The van der Waals surface area contributed by atoms with Crippen LogP contribution in [-0.2, 0) is 23.9 Å². The second kappa shape index (κ2) is 9.94. The molecule has 1 heterocycles. The van der Waals surface area contributed by atoms with Crippen molar-refractivity contribution >= 4 is 29.8 Å². The maximum Gasteiger partial charge on any atom is 0.337 e. The fraction of sp³-hybridized carbons (Fsp3) is 0.350. The average molecular weight is 407 g/mol. The number of oxime groups is 1. The molecule has 0 fully saturated rings. The molecule has 1 unspecified atom stereocenters. The van der Waals surface area contributed by atoms with E-state index >= 15 is 0 Å². The topological polar surface area (TPSA) is 86.2 Å². The summed E-state index contributed by atoms with van der Waals surface area (Å²) in [7, 11) is 1.39. The van der Waals surface area contributed by atoms with E-state index in [1.54, 1.807) is 45.0 Å². The summed E-state index contributed by atoms with van der Waals surface area (Å²) in [6.07, 6.45) is 1.36. The maximum atomic E-state index is 12.9. The van der Waals surface area contributed by atoms with Crippen molar-refractivity contribution in [3.8, 4) is 0 Å². The van der Waals surface area contributed by atoms with E-state index in [1.165, 1.54) is 13.3 Å². The van der Waals surface area contributed by atoms with Gasteiger partial charge in [-0.3, -0.25) is 0 Å². The van der Waals surface area contributed by atoms with E-state index in [1.807, 2.05) is 0 Å². The van der Waals surface area contributed by atoms with Gasteiger partial charge in [0.25, 0.3) is 0 Å². The average Bonchev–Trinajstić information content (AvgIpc) is 2.66. The van der Waals surface area contributed by atoms with Crippen molar-refractivity contribution in [3.05, 3.63) is 57.4 Å². The van der Waals surface area contributed by atoms with Crippen molar-refractivity contribution in [1.82, 2.24) is 5.32 Å². The van der Waals surface area contributed by atoms with Crippen molar-refractivity contribution in [1.29, 1.82) is 0 Å². The Morgan fingerprint density at radius 1 is 1.14 bits per heavy atom. The van der Waals surface area contributed by atoms with Crippen LogP contribution in [0.3, 0.4) is 0 Å². The van der Waals surface area contributed by atoms with Crippen molar-refractivity contribution in [2.75, 3.05) is 20.3 Å². The van der Waals surface area contributed by atoms with Gasteiger partial charge in [-0.1, -0.05) is 35.0 Å². The van der Waals surface area contributed by atoms with Gasteiger partial charge in [0.2, 0.25) is 0 Å². The van der Waals surface area contributed by atoms with Crippen LogP contribution in [0.1, 0.15) is 32.3 Å². The van der Waals surface area contributed by atoms with Gasteiger partial charge in [0, 0.05) is 10.7 Å². The van der Waals surface area contributed by atoms with Gasteiger partial charge in [0.15, 0.2) is 0 Å². The fourth-order valence-electron chi connectivity index (χ4n) is 3.00. The number of nitrogens with one attached hydrogen (secondary N) is 1. The third-order valence-electron chi connectivity index (χ3n) is 4.09. The number of hydrogen-bond donors (Lipinski definition) is 1. The Labute approximate surface area is 169 Å². The van der Waals surface area contributed by atoms with Crippen molar-refractivity contribution in [2.45, 2.75) is 26.7 Å². The quantitative estimate of drug-likeness (QED) is 0.424. The monoisotopic (exact) mass is 406 g/mol. The molecule has 0 aromatic heterocycles. The highest BCUT2D eigenvalue weighted by molar-refractivity contribution is 6.31. The summed E-state index contributed by atoms with van der Waals surface area (Å²) >= 11 is 6.42. The van der Waals surface area contributed by atoms with E-state index in [4.69, 9.17) is 25.9 Å². The van der Waals surface area contributed by atoms with Gasteiger partial charge in [-0.05, 0) is 32.4 Å². The molecule has 0 saturated heterocycles. The summed E-state index contributed by atoms with van der Waals surface area (Å²) in [6.45, 7) is 5.51. The Kier molecular flexibility index (Phi) is 7.63. The lowest BCUT2D eigenvalue weighted by atomic mass is 9.80. The second-order valence-corrected chi connectivity index (χ2v) is 6.21. The molecule has 0 saturated carbocycles. The number of carbonyl (C=O) groups excluding carboxylic acids is 2. The van der Waals surface area contributed by atoms with Crippen LogP contribution < -0.4 is 5.32 Å². The molecule has 1 atom stereocenters. The van der Waals surface area contributed by atoms with E-state index in [9.17, 15) is 9.59 Å². The molecule has 1 aliphatic heterocycles. The van der Waals surface area contributed by atoms with Crippen LogP contribution in [0.2, 0.25) is 5.02 Å². The fourth-order valence-corrected chi connectivity index (χ4v) is 3.24. The lowest BCUT2D eigenvalue weighted by molar-refractivity contribution is -0.139. The molecule has 1 aliphatic rings. The highest BCUT2D eigenvalue weighted by Crippen LogP contribution is 2.41. The van der Waals surface area contributed by atoms with Crippen LogP contribution in [0.25, 0.3) is 0 Å². The minimum Gasteiger partial charge on any atom is -0.463 e. The number of hydrogen-bond acceptors (Lipinski definition) is 7. The summed E-state index contributed by atoms with van der Waals surface area (Å²) in [5, 5.41) is 7.20. The molecular weight excluding hydrogens is 384 g/mol. The van der Waals surface area contributed by atoms with Gasteiger partial charge >= 0.3 is 11.9 Å². The molecule has 1 aromatic carbocycles. The third kappa shape index (κ3) is 4.54. The van der Waals surface area contributed by atoms with E-state index < -0.39 is 17.9 Å². The number of halogens is 1. The van der Waals surface area contributed by atoms with Gasteiger partial charge in [-0.25, -0.2) is 9.59 Å². The summed E-state index contributed by atoms with van der Waals surface area (Å²) in [6, 6.07) is 7.01. The molecule has 0 spiro atoms. The molecule has 0 bridgehead atoms. The first-order valence-electron chi connectivity index (χ1n) is 8.83. The molecule has 8 heteroatoms. The maximum absolute atomic E-state index is 12.9. The lowest BCUT2D eigenvalue weighted by Gasteiger charge is -2.30. The van der Waals surface area contributed by atoms with Crippen LogP contribution in [0, 0.1) is 0 Å². The van der Waals surface area contributed by atoms with Crippen molar-refractivity contribution < 1.29 is 23.9 Å². The zero-order chi connectivity index (χ0) is 20.7. The Morgan fingerprint density at radius 2 is 1.75 bits per heavy atom. The van der Waals surface area contributed by atoms with Crippen LogP contribution in [-0.4, -0.2) is 38.5 Å². The number of rotatable bonds is 7.